The molecule has 2 fully saturated rings. The molecule has 2 aromatic rings. The van der Waals surface area contributed by atoms with Gasteiger partial charge in [-0.15, -0.1) is 11.8 Å². The zero-order valence-corrected chi connectivity index (χ0v) is 13.6. The number of carbonyl (C=O) groups is 1. The van der Waals surface area contributed by atoms with Crippen molar-refractivity contribution in [3.05, 3.63) is 30.0 Å². The van der Waals surface area contributed by atoms with E-state index < -0.39 is 0 Å². The lowest BCUT2D eigenvalue weighted by atomic mass is 9.92. The molecule has 3 heterocycles. The first-order valence-corrected chi connectivity index (χ1v) is 8.48. The number of hydrogen-bond donors (Lipinski definition) is 0. The molecule has 116 valence electrons. The summed E-state index contributed by atoms with van der Waals surface area (Å²) in [6.07, 6.45) is 1.37. The summed E-state index contributed by atoms with van der Waals surface area (Å²) < 4.78 is 7.43. The number of methoxy groups -OCH3 is 1. The summed E-state index contributed by atoms with van der Waals surface area (Å²) in [6.45, 7) is 1.61. The zero-order valence-electron chi connectivity index (χ0n) is 12.8. The van der Waals surface area contributed by atoms with Crippen molar-refractivity contribution in [3.63, 3.8) is 0 Å². The summed E-state index contributed by atoms with van der Waals surface area (Å²) in [5, 5.41) is 5.37. The monoisotopic (exact) mass is 317 g/mol. The molecule has 0 unspecified atom stereocenters. The van der Waals surface area contributed by atoms with E-state index in [4.69, 9.17) is 4.74 Å². The Bertz CT molecular complexity index is 736. The predicted molar refractivity (Wildman–Crippen MR) is 87.2 cm³/mol. The van der Waals surface area contributed by atoms with Gasteiger partial charge >= 0.3 is 0 Å². The molecule has 1 atom stereocenters. The fourth-order valence-electron chi connectivity index (χ4n) is 3.49. The molecular formula is C16H19N3O2S. The Morgan fingerprint density at radius 3 is 2.91 bits per heavy atom. The second-order valence-corrected chi connectivity index (χ2v) is 7.69. The largest absolute Gasteiger partial charge is 0.381 e. The number of aryl methyl sites for hydroxylation is 1. The van der Waals surface area contributed by atoms with E-state index >= 15 is 0 Å². The third-order valence-corrected chi connectivity index (χ3v) is 6.29. The van der Waals surface area contributed by atoms with Gasteiger partial charge in [-0.1, -0.05) is 18.2 Å². The second-order valence-electron chi connectivity index (χ2n) is 6.21. The molecule has 0 aliphatic carbocycles. The summed E-state index contributed by atoms with van der Waals surface area (Å²) in [7, 11) is 3.65. The highest BCUT2D eigenvalue weighted by Crippen LogP contribution is 2.46. The number of amides is 1. The van der Waals surface area contributed by atoms with Crippen molar-refractivity contribution in [2.24, 2.45) is 7.05 Å². The van der Waals surface area contributed by atoms with Gasteiger partial charge in [-0.25, -0.2) is 0 Å². The number of benzene rings is 1. The molecule has 6 heteroatoms. The fourth-order valence-corrected chi connectivity index (χ4v) is 5.08. The molecule has 0 saturated carbocycles. The van der Waals surface area contributed by atoms with E-state index in [9.17, 15) is 4.79 Å². The van der Waals surface area contributed by atoms with Crippen molar-refractivity contribution in [1.82, 2.24) is 14.7 Å². The average molecular weight is 317 g/mol. The van der Waals surface area contributed by atoms with Crippen molar-refractivity contribution >= 4 is 28.6 Å². The van der Waals surface area contributed by atoms with Crippen LogP contribution in [0.4, 0.5) is 0 Å². The quantitative estimate of drug-likeness (QED) is 0.849. The number of carbonyl (C=O) groups excluding carboxylic acids is 1. The van der Waals surface area contributed by atoms with Gasteiger partial charge in [0, 0.05) is 38.4 Å². The fraction of sp³-hybridized carbons (Fsp3) is 0.500. The number of hydrogen-bond acceptors (Lipinski definition) is 4. The molecule has 5 nitrogen and oxygen atoms in total. The van der Waals surface area contributed by atoms with E-state index in [1.165, 1.54) is 0 Å². The molecule has 0 bridgehead atoms. The average Bonchev–Trinajstić information content (AvgIpc) is 3.08. The molecule has 2 aliphatic heterocycles. The van der Waals surface area contributed by atoms with Gasteiger partial charge in [0.15, 0.2) is 5.69 Å². The first-order chi connectivity index (χ1) is 10.6. The summed E-state index contributed by atoms with van der Waals surface area (Å²) in [6, 6.07) is 7.88. The second kappa shape index (κ2) is 4.99. The number of rotatable bonds is 2. The maximum Gasteiger partial charge on any atom is 0.275 e. The first-order valence-electron chi connectivity index (χ1n) is 7.50. The maximum atomic E-state index is 12.8. The first kappa shape index (κ1) is 14.1. The molecule has 1 amide bonds. The Morgan fingerprint density at radius 1 is 1.41 bits per heavy atom. The van der Waals surface area contributed by atoms with Crippen LogP contribution in [0.3, 0.4) is 0 Å². The van der Waals surface area contributed by atoms with Crippen molar-refractivity contribution < 1.29 is 9.53 Å². The Balaban J connectivity index is 1.54. The van der Waals surface area contributed by atoms with E-state index in [-0.39, 0.29) is 10.7 Å². The lowest BCUT2D eigenvalue weighted by Crippen LogP contribution is -2.60. The highest BCUT2D eigenvalue weighted by atomic mass is 32.2. The number of fused-ring (bicyclic) bond motifs is 1. The van der Waals surface area contributed by atoms with Gasteiger partial charge in [-0.2, -0.15) is 5.10 Å². The minimum atomic E-state index is 0.0453. The van der Waals surface area contributed by atoms with Crippen LogP contribution >= 0.6 is 11.8 Å². The number of para-hydroxylation sites is 1. The maximum absolute atomic E-state index is 12.8. The molecule has 0 radical (unpaired) electrons. The molecule has 1 spiro atoms. The number of likely N-dealkylation sites (tertiary alicyclic amines) is 1. The van der Waals surface area contributed by atoms with Crippen molar-refractivity contribution in [1.29, 1.82) is 0 Å². The van der Waals surface area contributed by atoms with Crippen LogP contribution in [0.2, 0.25) is 0 Å². The smallest absolute Gasteiger partial charge is 0.275 e. The summed E-state index contributed by atoms with van der Waals surface area (Å²) in [4.78, 5) is 14.7. The van der Waals surface area contributed by atoms with Gasteiger partial charge in [0.2, 0.25) is 0 Å². The van der Waals surface area contributed by atoms with Gasteiger partial charge in [-0.3, -0.25) is 9.48 Å². The lowest BCUT2D eigenvalue weighted by Gasteiger charge is -2.47. The number of nitrogens with zero attached hydrogens (tertiary/aromatic N) is 3. The van der Waals surface area contributed by atoms with Crippen molar-refractivity contribution in [2.45, 2.75) is 17.3 Å². The number of aromatic nitrogens is 2. The molecule has 1 aromatic heterocycles. The van der Waals surface area contributed by atoms with Gasteiger partial charge < -0.3 is 9.64 Å². The van der Waals surface area contributed by atoms with E-state index in [1.807, 2.05) is 48.0 Å². The Labute approximate surface area is 133 Å². The van der Waals surface area contributed by atoms with Crippen LogP contribution in [0, 0.1) is 0 Å². The van der Waals surface area contributed by atoms with Crippen molar-refractivity contribution in [2.75, 3.05) is 26.0 Å². The van der Waals surface area contributed by atoms with Gasteiger partial charge in [0.05, 0.1) is 16.4 Å². The van der Waals surface area contributed by atoms with Gasteiger partial charge in [0.25, 0.3) is 5.91 Å². The normalized spacial score (nSPS) is 23.2. The Kier molecular flexibility index (Phi) is 3.20. The molecule has 4 rings (SSSR count). The van der Waals surface area contributed by atoms with Crippen LogP contribution in [-0.4, -0.2) is 57.4 Å². The molecule has 2 saturated heterocycles. The van der Waals surface area contributed by atoms with Crippen LogP contribution < -0.4 is 0 Å². The third-order valence-electron chi connectivity index (χ3n) is 4.71. The number of ether oxygens (including phenoxy) is 1. The molecule has 0 N–H and O–H groups in total. The highest BCUT2D eigenvalue weighted by molar-refractivity contribution is 8.01. The molecule has 1 aromatic carbocycles. The lowest BCUT2D eigenvalue weighted by molar-refractivity contribution is 0.0448. The van der Waals surface area contributed by atoms with Crippen LogP contribution in [0.25, 0.3) is 10.9 Å². The Morgan fingerprint density at radius 2 is 2.18 bits per heavy atom. The molecular weight excluding hydrogens is 298 g/mol. The van der Waals surface area contributed by atoms with E-state index in [0.29, 0.717) is 11.8 Å². The summed E-state index contributed by atoms with van der Waals surface area (Å²) in [5.41, 5.74) is 1.56. The van der Waals surface area contributed by atoms with E-state index in [2.05, 4.69) is 5.10 Å². The van der Waals surface area contributed by atoms with Crippen LogP contribution in [0.15, 0.2) is 24.3 Å². The van der Waals surface area contributed by atoms with Crippen LogP contribution in [0.1, 0.15) is 16.9 Å². The SMILES string of the molecule is CO[C@@H]1CSC2(C1)CN(C(=O)c1nn(C)c3ccccc13)C2. The minimum absolute atomic E-state index is 0.0453. The van der Waals surface area contributed by atoms with Gasteiger partial charge in [-0.05, 0) is 12.5 Å². The Hall–Kier alpha value is -1.53. The van der Waals surface area contributed by atoms with E-state index in [1.54, 1.807) is 11.8 Å². The summed E-state index contributed by atoms with van der Waals surface area (Å²) >= 11 is 1.94. The van der Waals surface area contributed by atoms with E-state index in [0.717, 1.165) is 36.2 Å². The standard InChI is InChI=1S/C16H19N3O2S/c1-18-13-6-4-3-5-12(13)14(17-18)15(20)19-9-16(10-19)7-11(21-2)8-22-16/h3-6,11H,7-10H2,1-2H3/t11-/m0/s1. The highest BCUT2D eigenvalue weighted by Gasteiger charge is 2.51. The van der Waals surface area contributed by atoms with Crippen LogP contribution in [-0.2, 0) is 11.8 Å². The van der Waals surface area contributed by atoms with Crippen molar-refractivity contribution in [3.8, 4) is 0 Å². The molecule has 22 heavy (non-hydrogen) atoms. The molecule has 2 aliphatic rings. The number of thioether (sulfide) groups is 1. The summed E-state index contributed by atoms with van der Waals surface area (Å²) in [5.74, 6) is 1.08. The minimum Gasteiger partial charge on any atom is -0.381 e. The zero-order chi connectivity index (χ0) is 15.3. The third kappa shape index (κ3) is 2.05. The predicted octanol–water partition coefficient (Wildman–Crippen LogP) is 1.92. The van der Waals surface area contributed by atoms with Crippen LogP contribution in [0.5, 0.6) is 0 Å². The topological polar surface area (TPSA) is 47.4 Å². The van der Waals surface area contributed by atoms with Gasteiger partial charge in [0.1, 0.15) is 0 Å².